The molecule has 4 nitrogen and oxygen atoms in total. The smallest absolute Gasteiger partial charge is 0.143 e. The SMILES string of the molecule is COCCC1(CNc2ccc(N)c(OC)c2)CC1. The molecule has 0 spiro atoms. The van der Waals surface area contributed by atoms with Crippen LogP contribution < -0.4 is 15.8 Å². The number of hydrogen-bond donors (Lipinski definition) is 2. The van der Waals surface area contributed by atoms with Gasteiger partial charge in [-0.15, -0.1) is 0 Å². The van der Waals surface area contributed by atoms with Crippen molar-refractivity contribution < 1.29 is 9.47 Å². The van der Waals surface area contributed by atoms with Crippen LogP contribution in [0.5, 0.6) is 5.75 Å². The summed E-state index contributed by atoms with van der Waals surface area (Å²) >= 11 is 0. The van der Waals surface area contributed by atoms with Crippen LogP contribution in [0.25, 0.3) is 0 Å². The molecule has 0 unspecified atom stereocenters. The number of nitrogens with two attached hydrogens (primary N) is 1. The number of nitrogen functional groups attached to an aromatic ring is 1. The highest BCUT2D eigenvalue weighted by atomic mass is 16.5. The average molecular weight is 250 g/mol. The third kappa shape index (κ3) is 3.07. The van der Waals surface area contributed by atoms with E-state index in [0.717, 1.165) is 31.0 Å². The molecule has 0 heterocycles. The van der Waals surface area contributed by atoms with E-state index in [-0.39, 0.29) is 0 Å². The number of methoxy groups -OCH3 is 2. The maximum Gasteiger partial charge on any atom is 0.143 e. The molecular formula is C14H22N2O2. The molecule has 0 bridgehead atoms. The molecule has 18 heavy (non-hydrogen) atoms. The first kappa shape index (κ1) is 13.0. The fraction of sp³-hybridized carbons (Fsp3) is 0.571. The summed E-state index contributed by atoms with van der Waals surface area (Å²) in [6.07, 6.45) is 3.70. The molecule has 2 rings (SSSR count). The van der Waals surface area contributed by atoms with Crippen molar-refractivity contribution in [3.63, 3.8) is 0 Å². The van der Waals surface area contributed by atoms with E-state index in [0.29, 0.717) is 11.1 Å². The van der Waals surface area contributed by atoms with Crippen molar-refractivity contribution in [2.24, 2.45) is 5.41 Å². The first-order valence-corrected chi connectivity index (χ1v) is 6.35. The van der Waals surface area contributed by atoms with Crippen LogP contribution in [-0.4, -0.2) is 27.4 Å². The van der Waals surface area contributed by atoms with Crippen LogP contribution in [0.3, 0.4) is 0 Å². The minimum absolute atomic E-state index is 0.435. The van der Waals surface area contributed by atoms with Gasteiger partial charge in [0.1, 0.15) is 5.75 Å². The maximum atomic E-state index is 5.79. The zero-order valence-electron chi connectivity index (χ0n) is 11.2. The second-order valence-corrected chi connectivity index (χ2v) is 5.05. The highest BCUT2D eigenvalue weighted by Crippen LogP contribution is 2.48. The van der Waals surface area contributed by atoms with Gasteiger partial charge in [0.25, 0.3) is 0 Å². The van der Waals surface area contributed by atoms with E-state index in [2.05, 4.69) is 5.32 Å². The minimum atomic E-state index is 0.435. The Morgan fingerprint density at radius 2 is 2.11 bits per heavy atom. The number of rotatable bonds is 7. The van der Waals surface area contributed by atoms with Crippen molar-refractivity contribution >= 4 is 11.4 Å². The van der Waals surface area contributed by atoms with Gasteiger partial charge < -0.3 is 20.5 Å². The van der Waals surface area contributed by atoms with Gasteiger partial charge in [-0.3, -0.25) is 0 Å². The summed E-state index contributed by atoms with van der Waals surface area (Å²) in [5.41, 5.74) is 7.96. The fourth-order valence-electron chi connectivity index (χ4n) is 2.12. The Morgan fingerprint density at radius 1 is 1.33 bits per heavy atom. The number of ether oxygens (including phenoxy) is 2. The lowest BCUT2D eigenvalue weighted by Crippen LogP contribution is -2.17. The Labute approximate surface area is 108 Å². The average Bonchev–Trinajstić information content (AvgIpc) is 3.16. The predicted octanol–water partition coefficient (Wildman–Crippen LogP) is 2.51. The fourth-order valence-corrected chi connectivity index (χ4v) is 2.12. The van der Waals surface area contributed by atoms with Crippen LogP contribution in [0.2, 0.25) is 0 Å². The lowest BCUT2D eigenvalue weighted by molar-refractivity contribution is 0.175. The van der Waals surface area contributed by atoms with Crippen LogP contribution >= 0.6 is 0 Å². The summed E-state index contributed by atoms with van der Waals surface area (Å²) < 4.78 is 10.4. The van der Waals surface area contributed by atoms with Crippen LogP contribution in [0.15, 0.2) is 18.2 Å². The lowest BCUT2D eigenvalue weighted by Gasteiger charge is -2.17. The highest BCUT2D eigenvalue weighted by molar-refractivity contribution is 5.61. The van der Waals surface area contributed by atoms with E-state index in [9.17, 15) is 0 Å². The Bertz CT molecular complexity index is 403. The Hall–Kier alpha value is -1.42. The van der Waals surface area contributed by atoms with E-state index >= 15 is 0 Å². The zero-order chi connectivity index (χ0) is 13.0. The topological polar surface area (TPSA) is 56.5 Å². The highest BCUT2D eigenvalue weighted by Gasteiger charge is 2.41. The Kier molecular flexibility index (Phi) is 3.97. The number of anilines is 2. The number of hydrogen-bond acceptors (Lipinski definition) is 4. The van der Waals surface area contributed by atoms with Crippen LogP contribution in [0, 0.1) is 5.41 Å². The molecule has 1 fully saturated rings. The van der Waals surface area contributed by atoms with Crippen molar-refractivity contribution in [3.8, 4) is 5.75 Å². The van der Waals surface area contributed by atoms with E-state index in [1.165, 1.54) is 12.8 Å². The van der Waals surface area contributed by atoms with Gasteiger partial charge in [-0.05, 0) is 36.8 Å². The molecule has 100 valence electrons. The molecular weight excluding hydrogens is 228 g/mol. The lowest BCUT2D eigenvalue weighted by atomic mass is 10.0. The Morgan fingerprint density at radius 3 is 2.72 bits per heavy atom. The molecule has 1 saturated carbocycles. The largest absolute Gasteiger partial charge is 0.495 e. The van der Waals surface area contributed by atoms with Gasteiger partial charge in [-0.2, -0.15) is 0 Å². The number of benzene rings is 1. The monoisotopic (exact) mass is 250 g/mol. The van der Waals surface area contributed by atoms with Gasteiger partial charge in [0.2, 0.25) is 0 Å². The molecule has 1 aliphatic rings. The molecule has 1 aliphatic carbocycles. The van der Waals surface area contributed by atoms with Crippen LogP contribution in [-0.2, 0) is 4.74 Å². The molecule has 4 heteroatoms. The summed E-state index contributed by atoms with van der Waals surface area (Å²) in [7, 11) is 3.39. The standard InChI is InChI=1S/C14H22N2O2/c1-17-8-7-14(5-6-14)10-16-11-3-4-12(15)13(9-11)18-2/h3-4,9,16H,5-8,10,15H2,1-2H3. The quantitative estimate of drug-likeness (QED) is 0.730. The van der Waals surface area contributed by atoms with E-state index in [4.69, 9.17) is 15.2 Å². The summed E-state index contributed by atoms with van der Waals surface area (Å²) in [6, 6.07) is 5.81. The third-order valence-corrected chi connectivity index (χ3v) is 3.69. The summed E-state index contributed by atoms with van der Waals surface area (Å²) in [5.74, 6) is 0.724. The van der Waals surface area contributed by atoms with Crippen molar-refractivity contribution in [2.75, 3.05) is 38.4 Å². The molecule has 0 amide bonds. The normalized spacial score (nSPS) is 16.3. The summed E-state index contributed by atoms with van der Waals surface area (Å²) in [4.78, 5) is 0. The van der Waals surface area contributed by atoms with Crippen molar-refractivity contribution in [2.45, 2.75) is 19.3 Å². The molecule has 0 radical (unpaired) electrons. The van der Waals surface area contributed by atoms with Gasteiger partial charge >= 0.3 is 0 Å². The van der Waals surface area contributed by atoms with Gasteiger partial charge in [-0.1, -0.05) is 0 Å². The maximum absolute atomic E-state index is 5.79. The van der Waals surface area contributed by atoms with E-state index in [1.54, 1.807) is 14.2 Å². The molecule has 0 aliphatic heterocycles. The predicted molar refractivity (Wildman–Crippen MR) is 74.1 cm³/mol. The third-order valence-electron chi connectivity index (χ3n) is 3.69. The van der Waals surface area contributed by atoms with Gasteiger partial charge in [0.15, 0.2) is 0 Å². The molecule has 1 aromatic carbocycles. The molecule has 0 aromatic heterocycles. The molecule has 0 saturated heterocycles. The summed E-state index contributed by atoms with van der Waals surface area (Å²) in [5, 5.41) is 3.47. The minimum Gasteiger partial charge on any atom is -0.495 e. The van der Waals surface area contributed by atoms with Crippen molar-refractivity contribution in [1.82, 2.24) is 0 Å². The van der Waals surface area contributed by atoms with E-state index in [1.807, 2.05) is 18.2 Å². The zero-order valence-corrected chi connectivity index (χ0v) is 11.2. The molecule has 0 atom stereocenters. The van der Waals surface area contributed by atoms with E-state index < -0.39 is 0 Å². The van der Waals surface area contributed by atoms with Gasteiger partial charge in [-0.25, -0.2) is 0 Å². The first-order chi connectivity index (χ1) is 8.69. The van der Waals surface area contributed by atoms with Gasteiger partial charge in [0, 0.05) is 32.0 Å². The van der Waals surface area contributed by atoms with Crippen molar-refractivity contribution in [3.05, 3.63) is 18.2 Å². The van der Waals surface area contributed by atoms with Crippen LogP contribution in [0.4, 0.5) is 11.4 Å². The first-order valence-electron chi connectivity index (χ1n) is 6.35. The van der Waals surface area contributed by atoms with Crippen LogP contribution in [0.1, 0.15) is 19.3 Å². The molecule has 3 N–H and O–H groups in total. The Balaban J connectivity index is 1.90. The second kappa shape index (κ2) is 5.48. The van der Waals surface area contributed by atoms with Crippen molar-refractivity contribution in [1.29, 1.82) is 0 Å². The molecule has 1 aromatic rings. The second-order valence-electron chi connectivity index (χ2n) is 5.05. The summed E-state index contributed by atoms with van der Waals surface area (Å²) in [6.45, 7) is 1.83. The number of nitrogens with one attached hydrogen (secondary N) is 1. The van der Waals surface area contributed by atoms with Gasteiger partial charge in [0.05, 0.1) is 12.8 Å².